The minimum Gasteiger partial charge on any atom is -0.486 e. The molecule has 102 valence electrons. The lowest BCUT2D eigenvalue weighted by atomic mass is 10.2. The van der Waals surface area contributed by atoms with Gasteiger partial charge in [0.15, 0.2) is 0 Å². The van der Waals surface area contributed by atoms with Gasteiger partial charge in [0.1, 0.15) is 12.4 Å². The number of hydrogen-bond acceptors (Lipinski definition) is 3. The molecule has 0 fully saturated rings. The van der Waals surface area contributed by atoms with Crippen LogP contribution in [0.25, 0.3) is 0 Å². The molecule has 0 unspecified atom stereocenters. The third-order valence-electron chi connectivity index (χ3n) is 2.34. The van der Waals surface area contributed by atoms with E-state index in [4.69, 9.17) is 22.1 Å². The summed E-state index contributed by atoms with van der Waals surface area (Å²) in [6, 6.07) is 6.52. The van der Waals surface area contributed by atoms with Gasteiger partial charge in [0.05, 0.1) is 15.6 Å². The lowest BCUT2D eigenvalue weighted by molar-refractivity contribution is -0.137. The molecule has 0 aliphatic rings. The van der Waals surface area contributed by atoms with E-state index in [1.54, 1.807) is 12.1 Å². The third-order valence-corrected chi connectivity index (χ3v) is 3.54. The van der Waals surface area contributed by atoms with Crippen molar-refractivity contribution in [2.45, 2.75) is 12.8 Å². The Morgan fingerprint density at radius 1 is 1.21 bits per heavy atom. The first kappa shape index (κ1) is 14.0. The summed E-state index contributed by atoms with van der Waals surface area (Å²) in [7, 11) is 0. The number of ether oxygens (including phenoxy) is 1. The Morgan fingerprint density at radius 3 is 2.47 bits per heavy atom. The first-order valence-corrected chi connectivity index (χ1v) is 6.39. The SMILES string of the molecule is Nc1cc(C(F)(F)F)ccc1OCc1ccc(Cl)s1. The summed E-state index contributed by atoms with van der Waals surface area (Å²) in [4.78, 5) is 0.865. The fourth-order valence-electron chi connectivity index (χ4n) is 1.43. The van der Waals surface area contributed by atoms with Gasteiger partial charge >= 0.3 is 6.18 Å². The fraction of sp³-hybridized carbons (Fsp3) is 0.167. The maximum absolute atomic E-state index is 12.4. The van der Waals surface area contributed by atoms with Crippen molar-refractivity contribution in [3.63, 3.8) is 0 Å². The van der Waals surface area contributed by atoms with E-state index >= 15 is 0 Å². The molecular formula is C12H9ClF3NOS. The summed E-state index contributed by atoms with van der Waals surface area (Å²) in [5.74, 6) is 0.220. The van der Waals surface area contributed by atoms with E-state index in [0.29, 0.717) is 4.34 Å². The predicted octanol–water partition coefficient (Wildman–Crippen LogP) is 4.58. The Hall–Kier alpha value is -1.40. The molecule has 0 amide bonds. The van der Waals surface area contributed by atoms with E-state index < -0.39 is 11.7 Å². The van der Waals surface area contributed by atoms with Crippen molar-refractivity contribution in [1.29, 1.82) is 0 Å². The van der Waals surface area contributed by atoms with Gasteiger partial charge in [-0.2, -0.15) is 13.2 Å². The molecule has 2 rings (SSSR count). The van der Waals surface area contributed by atoms with Crippen molar-refractivity contribution in [3.05, 3.63) is 45.1 Å². The number of thiophene rings is 1. The Labute approximate surface area is 116 Å². The van der Waals surface area contributed by atoms with Gasteiger partial charge in [0, 0.05) is 4.88 Å². The summed E-state index contributed by atoms with van der Waals surface area (Å²) in [5.41, 5.74) is 4.70. The number of halogens is 4. The normalized spacial score (nSPS) is 11.6. The minimum atomic E-state index is -4.41. The smallest absolute Gasteiger partial charge is 0.416 e. The fourth-order valence-corrected chi connectivity index (χ4v) is 2.44. The van der Waals surface area contributed by atoms with Gasteiger partial charge in [-0.1, -0.05) is 11.6 Å². The molecule has 0 atom stereocenters. The van der Waals surface area contributed by atoms with Crippen LogP contribution in [-0.4, -0.2) is 0 Å². The second-order valence-electron chi connectivity index (χ2n) is 3.74. The van der Waals surface area contributed by atoms with Crippen LogP contribution in [0.15, 0.2) is 30.3 Å². The van der Waals surface area contributed by atoms with E-state index in [0.717, 1.165) is 17.0 Å². The molecule has 0 bridgehead atoms. The van der Waals surface area contributed by atoms with E-state index in [1.807, 2.05) is 0 Å². The van der Waals surface area contributed by atoms with Gasteiger partial charge in [-0.3, -0.25) is 0 Å². The number of benzene rings is 1. The average Bonchev–Trinajstić information content (AvgIpc) is 2.72. The number of rotatable bonds is 3. The quantitative estimate of drug-likeness (QED) is 0.842. The average molecular weight is 308 g/mol. The standard InChI is InChI=1S/C12H9ClF3NOS/c13-11-4-2-8(19-11)6-18-10-3-1-7(5-9(10)17)12(14,15)16/h1-5H,6,17H2. The van der Waals surface area contributed by atoms with Crippen LogP contribution in [0, 0.1) is 0 Å². The van der Waals surface area contributed by atoms with Crippen LogP contribution in [0.3, 0.4) is 0 Å². The van der Waals surface area contributed by atoms with Crippen LogP contribution in [-0.2, 0) is 12.8 Å². The van der Waals surface area contributed by atoms with Gasteiger partial charge in [0.2, 0.25) is 0 Å². The summed E-state index contributed by atoms with van der Waals surface area (Å²) in [5, 5.41) is 0. The van der Waals surface area contributed by atoms with Gasteiger partial charge in [-0.05, 0) is 30.3 Å². The lowest BCUT2D eigenvalue weighted by Gasteiger charge is -2.11. The second kappa shape index (κ2) is 5.30. The topological polar surface area (TPSA) is 35.2 Å². The van der Waals surface area contributed by atoms with E-state index in [9.17, 15) is 13.2 Å². The molecule has 0 spiro atoms. The van der Waals surface area contributed by atoms with E-state index in [2.05, 4.69) is 0 Å². The molecule has 0 saturated carbocycles. The van der Waals surface area contributed by atoms with Gasteiger partial charge < -0.3 is 10.5 Å². The Bertz CT molecular complexity index is 583. The highest BCUT2D eigenvalue weighted by Crippen LogP contribution is 2.34. The first-order chi connectivity index (χ1) is 8.86. The number of anilines is 1. The molecule has 0 radical (unpaired) electrons. The van der Waals surface area contributed by atoms with Crippen molar-refractivity contribution in [2.24, 2.45) is 0 Å². The highest BCUT2D eigenvalue weighted by Gasteiger charge is 2.30. The van der Waals surface area contributed by atoms with Gasteiger partial charge in [-0.25, -0.2) is 0 Å². The van der Waals surface area contributed by atoms with Crippen molar-refractivity contribution >= 4 is 28.6 Å². The van der Waals surface area contributed by atoms with E-state index in [1.165, 1.54) is 17.4 Å². The molecule has 0 aliphatic heterocycles. The zero-order chi connectivity index (χ0) is 14.0. The molecule has 19 heavy (non-hydrogen) atoms. The van der Waals surface area contributed by atoms with Crippen LogP contribution in [0.4, 0.5) is 18.9 Å². The summed E-state index contributed by atoms with van der Waals surface area (Å²) in [6.45, 7) is 0.215. The van der Waals surface area contributed by atoms with Crippen LogP contribution >= 0.6 is 22.9 Å². The first-order valence-electron chi connectivity index (χ1n) is 5.20. The van der Waals surface area contributed by atoms with Crippen LogP contribution in [0.5, 0.6) is 5.75 Å². The molecule has 2 N–H and O–H groups in total. The van der Waals surface area contributed by atoms with E-state index in [-0.39, 0.29) is 18.0 Å². The van der Waals surface area contributed by atoms with Crippen LogP contribution in [0.1, 0.15) is 10.4 Å². The minimum absolute atomic E-state index is 0.0440. The van der Waals surface area contributed by atoms with Crippen molar-refractivity contribution in [1.82, 2.24) is 0 Å². The van der Waals surface area contributed by atoms with Crippen molar-refractivity contribution < 1.29 is 17.9 Å². The maximum atomic E-state index is 12.4. The Balaban J connectivity index is 2.09. The molecule has 1 heterocycles. The summed E-state index contributed by atoms with van der Waals surface area (Å²) < 4.78 is 43.3. The van der Waals surface area contributed by atoms with Crippen LogP contribution < -0.4 is 10.5 Å². The Morgan fingerprint density at radius 2 is 1.95 bits per heavy atom. The predicted molar refractivity (Wildman–Crippen MR) is 69.5 cm³/mol. The maximum Gasteiger partial charge on any atom is 0.416 e. The largest absolute Gasteiger partial charge is 0.486 e. The second-order valence-corrected chi connectivity index (χ2v) is 5.54. The molecule has 7 heteroatoms. The van der Waals surface area contributed by atoms with Gasteiger partial charge in [0.25, 0.3) is 0 Å². The zero-order valence-electron chi connectivity index (χ0n) is 9.50. The molecular weight excluding hydrogens is 299 g/mol. The monoisotopic (exact) mass is 307 g/mol. The molecule has 0 saturated heterocycles. The van der Waals surface area contributed by atoms with Crippen molar-refractivity contribution in [2.75, 3.05) is 5.73 Å². The van der Waals surface area contributed by atoms with Crippen molar-refractivity contribution in [3.8, 4) is 5.75 Å². The summed E-state index contributed by atoms with van der Waals surface area (Å²) >= 11 is 7.10. The number of hydrogen-bond donors (Lipinski definition) is 1. The molecule has 1 aromatic carbocycles. The number of nitrogens with two attached hydrogens (primary N) is 1. The summed E-state index contributed by atoms with van der Waals surface area (Å²) in [6.07, 6.45) is -4.41. The molecule has 0 aliphatic carbocycles. The van der Waals surface area contributed by atoms with Crippen LogP contribution in [0.2, 0.25) is 4.34 Å². The number of alkyl halides is 3. The lowest BCUT2D eigenvalue weighted by Crippen LogP contribution is -2.06. The Kier molecular flexibility index (Phi) is 3.91. The molecule has 2 nitrogen and oxygen atoms in total. The molecule has 1 aromatic heterocycles. The number of nitrogen functional groups attached to an aromatic ring is 1. The van der Waals surface area contributed by atoms with Gasteiger partial charge in [-0.15, -0.1) is 11.3 Å². The highest BCUT2D eigenvalue weighted by atomic mass is 35.5. The zero-order valence-corrected chi connectivity index (χ0v) is 11.1. The third kappa shape index (κ3) is 3.54. The highest BCUT2D eigenvalue weighted by molar-refractivity contribution is 7.16. The molecule has 2 aromatic rings.